The summed E-state index contributed by atoms with van der Waals surface area (Å²) in [5, 5.41) is 0. The summed E-state index contributed by atoms with van der Waals surface area (Å²) in [7, 11) is 5.22. The molecule has 0 amide bonds. The fourth-order valence-corrected chi connectivity index (χ4v) is 3.80. The summed E-state index contributed by atoms with van der Waals surface area (Å²) >= 11 is 0. The van der Waals surface area contributed by atoms with E-state index < -0.39 is 8.80 Å². The summed E-state index contributed by atoms with van der Waals surface area (Å²) in [6.07, 6.45) is 0.631. The predicted molar refractivity (Wildman–Crippen MR) is 69.5 cm³/mol. The highest BCUT2D eigenvalue weighted by Crippen LogP contribution is 2.18. The van der Waals surface area contributed by atoms with Crippen molar-refractivity contribution in [3.8, 4) is 0 Å². The molecule has 0 aliphatic rings. The van der Waals surface area contributed by atoms with Crippen molar-refractivity contribution >= 4 is 8.80 Å². The highest BCUT2D eigenvalue weighted by Gasteiger charge is 2.47. The van der Waals surface area contributed by atoms with E-state index in [0.29, 0.717) is 13.2 Å². The Labute approximate surface area is 111 Å². The van der Waals surface area contributed by atoms with Crippen molar-refractivity contribution in [2.45, 2.75) is 25.2 Å². The van der Waals surface area contributed by atoms with Crippen LogP contribution in [0.1, 0.15) is 13.3 Å². The lowest BCUT2D eigenvalue weighted by Gasteiger charge is -2.32. The quantitative estimate of drug-likeness (QED) is 0.524. The maximum Gasteiger partial charge on any atom is 0.530 e. The minimum absolute atomic E-state index is 0.110. The van der Waals surface area contributed by atoms with Crippen LogP contribution in [0.4, 0.5) is 0 Å². The molecule has 0 aromatic carbocycles. The monoisotopic (exact) mass is 282 g/mol. The Balaban J connectivity index is 4.48. The number of hydrogen-bond donors (Lipinski definition) is 0. The molecule has 0 saturated heterocycles. The van der Waals surface area contributed by atoms with Crippen LogP contribution in [0.15, 0.2) is 0 Å². The highest BCUT2D eigenvalue weighted by atomic mass is 28.4. The molecule has 0 saturated carbocycles. The Hall–Kier alpha value is -0.0231. The molecule has 0 aliphatic heterocycles. The SMILES string of the molecule is CCC(OCC(COC)OC)[Si](OC)(OC)OC. The highest BCUT2D eigenvalue weighted by molar-refractivity contribution is 6.62. The fourth-order valence-electron chi connectivity index (χ4n) is 1.71. The molecule has 0 aromatic heterocycles. The summed E-state index contributed by atoms with van der Waals surface area (Å²) in [6, 6.07) is 0. The van der Waals surface area contributed by atoms with E-state index in [2.05, 4.69) is 0 Å². The Morgan fingerprint density at radius 3 is 1.78 bits per heavy atom. The van der Waals surface area contributed by atoms with Gasteiger partial charge in [-0.05, 0) is 6.42 Å². The lowest BCUT2D eigenvalue weighted by atomic mass is 10.4. The van der Waals surface area contributed by atoms with Gasteiger partial charge in [0.2, 0.25) is 0 Å². The first kappa shape index (κ1) is 18.0. The van der Waals surface area contributed by atoms with E-state index >= 15 is 0 Å². The normalized spacial score (nSPS) is 15.7. The van der Waals surface area contributed by atoms with E-state index in [0.717, 1.165) is 6.42 Å². The third-order valence-corrected chi connectivity index (χ3v) is 5.86. The van der Waals surface area contributed by atoms with Gasteiger partial charge in [0.25, 0.3) is 0 Å². The molecular weight excluding hydrogens is 256 g/mol. The topological polar surface area (TPSA) is 55.4 Å². The minimum Gasteiger partial charge on any atom is -0.382 e. The lowest BCUT2D eigenvalue weighted by Crippen LogP contribution is -2.56. The van der Waals surface area contributed by atoms with E-state index in [9.17, 15) is 0 Å². The van der Waals surface area contributed by atoms with Gasteiger partial charge in [0.05, 0.1) is 13.2 Å². The molecule has 0 aromatic rings. The number of methoxy groups -OCH3 is 2. The number of ether oxygens (including phenoxy) is 3. The zero-order valence-corrected chi connectivity index (χ0v) is 13.2. The second kappa shape index (κ2) is 9.85. The zero-order valence-electron chi connectivity index (χ0n) is 12.2. The first-order valence-corrected chi connectivity index (χ1v) is 7.72. The van der Waals surface area contributed by atoms with Crippen LogP contribution in [0.3, 0.4) is 0 Å². The van der Waals surface area contributed by atoms with Crippen LogP contribution in [0, 0.1) is 0 Å². The molecule has 0 aliphatic carbocycles. The zero-order chi connectivity index (χ0) is 14.0. The molecule has 110 valence electrons. The van der Waals surface area contributed by atoms with Crippen molar-refractivity contribution in [3.05, 3.63) is 0 Å². The molecule has 2 unspecified atom stereocenters. The van der Waals surface area contributed by atoms with Crippen molar-refractivity contribution < 1.29 is 27.5 Å². The van der Waals surface area contributed by atoms with Crippen LogP contribution in [0.2, 0.25) is 0 Å². The van der Waals surface area contributed by atoms with Crippen molar-refractivity contribution in [2.24, 2.45) is 0 Å². The van der Waals surface area contributed by atoms with Crippen LogP contribution in [0.25, 0.3) is 0 Å². The second-order valence-electron chi connectivity index (χ2n) is 3.76. The first-order chi connectivity index (χ1) is 8.63. The van der Waals surface area contributed by atoms with E-state index in [1.165, 1.54) is 0 Å². The van der Waals surface area contributed by atoms with Gasteiger partial charge in [-0.1, -0.05) is 6.92 Å². The van der Waals surface area contributed by atoms with Gasteiger partial charge in [-0.3, -0.25) is 0 Å². The summed E-state index contributed by atoms with van der Waals surface area (Å²) in [5.74, 6) is 0. The van der Waals surface area contributed by atoms with E-state index in [-0.39, 0.29) is 11.8 Å². The predicted octanol–water partition coefficient (Wildman–Crippen LogP) is 0.860. The van der Waals surface area contributed by atoms with Gasteiger partial charge >= 0.3 is 8.80 Å². The fraction of sp³-hybridized carbons (Fsp3) is 1.00. The summed E-state index contributed by atoms with van der Waals surface area (Å²) in [6.45, 7) is 2.89. The van der Waals surface area contributed by atoms with Gasteiger partial charge < -0.3 is 27.5 Å². The standard InChI is InChI=1S/C11H26O6Si/c1-7-11(18(14-4,15-5)16-6)17-9-10(13-3)8-12-2/h10-11H,7-9H2,1-6H3. The first-order valence-electron chi connectivity index (χ1n) is 5.92. The molecule has 6 nitrogen and oxygen atoms in total. The van der Waals surface area contributed by atoms with Gasteiger partial charge in [0.1, 0.15) is 11.8 Å². The van der Waals surface area contributed by atoms with E-state index in [1.807, 2.05) is 6.92 Å². The van der Waals surface area contributed by atoms with Gasteiger partial charge in [-0.25, -0.2) is 0 Å². The van der Waals surface area contributed by atoms with Crippen LogP contribution >= 0.6 is 0 Å². The molecule has 7 heteroatoms. The molecule has 0 spiro atoms. The third kappa shape index (κ3) is 4.92. The van der Waals surface area contributed by atoms with Crippen LogP contribution in [-0.4, -0.2) is 69.4 Å². The van der Waals surface area contributed by atoms with Crippen molar-refractivity contribution in [1.82, 2.24) is 0 Å². The van der Waals surface area contributed by atoms with E-state index in [1.54, 1.807) is 35.5 Å². The molecule has 2 atom stereocenters. The van der Waals surface area contributed by atoms with Gasteiger partial charge in [-0.2, -0.15) is 0 Å². The maximum atomic E-state index is 5.82. The Bertz CT molecular complexity index is 192. The molecule has 0 N–H and O–H groups in total. The number of rotatable bonds is 11. The summed E-state index contributed by atoms with van der Waals surface area (Å²) < 4.78 is 32.3. The minimum atomic E-state index is -2.77. The number of hydrogen-bond acceptors (Lipinski definition) is 6. The van der Waals surface area contributed by atoms with Crippen LogP contribution in [-0.2, 0) is 27.5 Å². The molecule has 0 bridgehead atoms. The van der Waals surface area contributed by atoms with E-state index in [4.69, 9.17) is 27.5 Å². The Morgan fingerprint density at radius 1 is 0.889 bits per heavy atom. The van der Waals surface area contributed by atoms with Gasteiger partial charge in [-0.15, -0.1) is 0 Å². The van der Waals surface area contributed by atoms with Crippen molar-refractivity contribution in [1.29, 1.82) is 0 Å². The van der Waals surface area contributed by atoms with Gasteiger partial charge in [0.15, 0.2) is 0 Å². The lowest BCUT2D eigenvalue weighted by molar-refractivity contribution is -0.0585. The molecule has 18 heavy (non-hydrogen) atoms. The molecular formula is C11H26O6Si. The summed E-state index contributed by atoms with van der Waals surface area (Å²) in [4.78, 5) is 0. The third-order valence-electron chi connectivity index (χ3n) is 2.79. The van der Waals surface area contributed by atoms with Crippen LogP contribution in [0.5, 0.6) is 0 Å². The molecule has 0 rings (SSSR count). The average molecular weight is 282 g/mol. The largest absolute Gasteiger partial charge is 0.530 e. The van der Waals surface area contributed by atoms with Crippen molar-refractivity contribution in [2.75, 3.05) is 48.8 Å². The maximum absolute atomic E-state index is 5.82. The Morgan fingerprint density at radius 2 is 1.44 bits per heavy atom. The molecule has 0 radical (unpaired) electrons. The van der Waals surface area contributed by atoms with Gasteiger partial charge in [0, 0.05) is 35.5 Å². The van der Waals surface area contributed by atoms with Crippen molar-refractivity contribution in [3.63, 3.8) is 0 Å². The average Bonchev–Trinajstić information content (AvgIpc) is 2.42. The molecule has 0 fully saturated rings. The smallest absolute Gasteiger partial charge is 0.382 e. The Kier molecular flexibility index (Phi) is 9.84. The summed E-state index contributed by atoms with van der Waals surface area (Å²) in [5.41, 5.74) is -0.216. The van der Waals surface area contributed by atoms with Crippen LogP contribution < -0.4 is 0 Å². The second-order valence-corrected chi connectivity index (χ2v) is 6.84. The molecule has 0 heterocycles.